The summed E-state index contributed by atoms with van der Waals surface area (Å²) in [4.78, 5) is 16.0. The third-order valence-corrected chi connectivity index (χ3v) is 4.59. The van der Waals surface area contributed by atoms with Gasteiger partial charge in [0, 0.05) is 23.5 Å². The summed E-state index contributed by atoms with van der Waals surface area (Å²) in [6.07, 6.45) is 0. The summed E-state index contributed by atoms with van der Waals surface area (Å²) in [7, 11) is 3.01. The number of nitrogens with one attached hydrogen (secondary N) is 1. The van der Waals surface area contributed by atoms with Crippen LogP contribution in [-0.2, 0) is 6.54 Å². The molecule has 1 aromatic heterocycles. The van der Waals surface area contributed by atoms with Gasteiger partial charge >= 0.3 is 0 Å². The maximum atomic E-state index is 13.6. The first kappa shape index (κ1) is 21.2. The van der Waals surface area contributed by atoms with E-state index < -0.39 is 23.0 Å². The smallest absolute Gasteiger partial charge is 0.274 e. The molecule has 0 fully saturated rings. The summed E-state index contributed by atoms with van der Waals surface area (Å²) in [5.74, 6) is -2.96. The van der Waals surface area contributed by atoms with E-state index in [0.29, 0.717) is 22.9 Å². The second kappa shape index (κ2) is 8.48. The van der Waals surface area contributed by atoms with Crippen molar-refractivity contribution in [3.05, 3.63) is 75.0 Å². The molecular weight excluding hydrogens is 399 g/mol. The minimum Gasteiger partial charge on any atom is -0.493 e. The number of methoxy groups -OCH3 is 2. The zero-order chi connectivity index (χ0) is 22.0. The first-order valence-corrected chi connectivity index (χ1v) is 8.95. The topological polar surface area (TPSA) is 65.4 Å². The molecule has 0 saturated heterocycles. The molecule has 6 nitrogen and oxygen atoms in total. The van der Waals surface area contributed by atoms with Crippen molar-refractivity contribution in [3.63, 3.8) is 0 Å². The Morgan fingerprint density at radius 1 is 0.967 bits per heavy atom. The van der Waals surface area contributed by atoms with Crippen LogP contribution in [0.4, 0.5) is 24.8 Å². The summed E-state index contributed by atoms with van der Waals surface area (Å²) >= 11 is 0. The van der Waals surface area contributed by atoms with E-state index in [1.165, 1.54) is 20.3 Å². The van der Waals surface area contributed by atoms with E-state index in [1.807, 2.05) is 6.92 Å². The van der Waals surface area contributed by atoms with E-state index in [4.69, 9.17) is 9.47 Å². The predicted molar refractivity (Wildman–Crippen MR) is 106 cm³/mol. The SMILES string of the molecule is COc1cc(C)c(Nc2nc(=O)cc(C)n2Cc2cc(F)c(F)c(F)c2)cc1OC. The molecule has 0 radical (unpaired) electrons. The Kier molecular flexibility index (Phi) is 6.00. The molecule has 0 saturated carbocycles. The molecule has 158 valence electrons. The number of rotatable bonds is 6. The van der Waals surface area contributed by atoms with E-state index >= 15 is 0 Å². The highest BCUT2D eigenvalue weighted by Crippen LogP contribution is 2.34. The van der Waals surface area contributed by atoms with Crippen LogP contribution in [0, 0.1) is 31.3 Å². The summed E-state index contributed by atoms with van der Waals surface area (Å²) in [6, 6.07) is 6.54. The molecule has 0 atom stereocenters. The summed E-state index contributed by atoms with van der Waals surface area (Å²) < 4.78 is 52.7. The minimum absolute atomic E-state index is 0.0398. The van der Waals surface area contributed by atoms with Gasteiger partial charge in [0.05, 0.1) is 20.8 Å². The van der Waals surface area contributed by atoms with Crippen LogP contribution in [0.1, 0.15) is 16.8 Å². The molecule has 3 aromatic rings. The maximum absolute atomic E-state index is 13.6. The Labute approximate surface area is 170 Å². The molecule has 1 heterocycles. The molecule has 0 amide bonds. The van der Waals surface area contributed by atoms with Crippen molar-refractivity contribution in [3.8, 4) is 11.5 Å². The van der Waals surface area contributed by atoms with E-state index in [9.17, 15) is 18.0 Å². The molecule has 0 unspecified atom stereocenters. The molecule has 9 heteroatoms. The van der Waals surface area contributed by atoms with E-state index in [1.54, 1.807) is 23.6 Å². The second-order valence-corrected chi connectivity index (χ2v) is 6.67. The van der Waals surface area contributed by atoms with Crippen LogP contribution in [0.2, 0.25) is 0 Å². The fraction of sp³-hybridized carbons (Fsp3) is 0.238. The molecule has 0 aliphatic carbocycles. The normalized spacial score (nSPS) is 10.8. The van der Waals surface area contributed by atoms with Crippen LogP contribution in [0.25, 0.3) is 0 Å². The molecule has 0 bridgehead atoms. The summed E-state index contributed by atoms with van der Waals surface area (Å²) in [6.45, 7) is 3.45. The number of anilines is 2. The molecule has 1 N–H and O–H groups in total. The van der Waals surface area contributed by atoms with Gasteiger partial charge in [-0.3, -0.25) is 4.79 Å². The van der Waals surface area contributed by atoms with E-state index in [-0.39, 0.29) is 18.1 Å². The van der Waals surface area contributed by atoms with Crippen molar-refractivity contribution in [1.29, 1.82) is 0 Å². The predicted octanol–water partition coefficient (Wildman–Crippen LogP) is 4.09. The van der Waals surface area contributed by atoms with Gasteiger partial charge in [0.1, 0.15) is 0 Å². The van der Waals surface area contributed by atoms with Crippen molar-refractivity contribution >= 4 is 11.6 Å². The van der Waals surface area contributed by atoms with Crippen LogP contribution in [0.15, 0.2) is 35.1 Å². The quantitative estimate of drug-likeness (QED) is 0.610. The maximum Gasteiger partial charge on any atom is 0.274 e. The lowest BCUT2D eigenvalue weighted by Crippen LogP contribution is -2.19. The van der Waals surface area contributed by atoms with Gasteiger partial charge in [0.15, 0.2) is 29.0 Å². The van der Waals surface area contributed by atoms with Gasteiger partial charge in [-0.25, -0.2) is 13.2 Å². The Hall–Kier alpha value is -3.49. The van der Waals surface area contributed by atoms with Crippen molar-refractivity contribution in [2.75, 3.05) is 19.5 Å². The Balaban J connectivity index is 2.06. The van der Waals surface area contributed by atoms with E-state index in [2.05, 4.69) is 10.3 Å². The number of ether oxygens (including phenoxy) is 2. The van der Waals surface area contributed by atoms with Crippen LogP contribution in [0.5, 0.6) is 11.5 Å². The fourth-order valence-electron chi connectivity index (χ4n) is 3.03. The highest BCUT2D eigenvalue weighted by molar-refractivity contribution is 5.64. The zero-order valence-corrected chi connectivity index (χ0v) is 16.8. The lowest BCUT2D eigenvalue weighted by Gasteiger charge is -2.19. The van der Waals surface area contributed by atoms with E-state index in [0.717, 1.165) is 17.7 Å². The number of halogens is 3. The molecule has 0 aliphatic heterocycles. The second-order valence-electron chi connectivity index (χ2n) is 6.67. The molecule has 3 rings (SSSR count). The van der Waals surface area contributed by atoms with Gasteiger partial charge < -0.3 is 19.4 Å². The molecule has 2 aromatic carbocycles. The number of aryl methyl sites for hydroxylation is 2. The first-order valence-electron chi connectivity index (χ1n) is 8.95. The van der Waals surface area contributed by atoms with Crippen molar-refractivity contribution in [1.82, 2.24) is 9.55 Å². The minimum atomic E-state index is -1.53. The summed E-state index contributed by atoms with van der Waals surface area (Å²) in [5, 5.41) is 3.06. The van der Waals surface area contributed by atoms with Gasteiger partial charge in [-0.05, 0) is 43.2 Å². The number of aromatic nitrogens is 2. The monoisotopic (exact) mass is 419 g/mol. The number of nitrogens with zero attached hydrogens (tertiary/aromatic N) is 2. The Morgan fingerprint density at radius 3 is 2.17 bits per heavy atom. The number of hydrogen-bond acceptors (Lipinski definition) is 5. The fourth-order valence-corrected chi connectivity index (χ4v) is 3.03. The first-order chi connectivity index (χ1) is 14.2. The average Bonchev–Trinajstić information content (AvgIpc) is 2.69. The lowest BCUT2D eigenvalue weighted by molar-refractivity contribution is 0.355. The third-order valence-electron chi connectivity index (χ3n) is 4.59. The molecular formula is C21H20F3N3O3. The van der Waals surface area contributed by atoms with Crippen LogP contribution >= 0.6 is 0 Å². The average molecular weight is 419 g/mol. The summed E-state index contributed by atoms with van der Waals surface area (Å²) in [5.41, 5.74) is 1.57. The van der Waals surface area contributed by atoms with Crippen LogP contribution < -0.4 is 20.3 Å². The van der Waals surface area contributed by atoms with Crippen molar-refractivity contribution < 1.29 is 22.6 Å². The lowest BCUT2D eigenvalue weighted by atomic mass is 10.1. The van der Waals surface area contributed by atoms with Crippen LogP contribution in [-0.4, -0.2) is 23.8 Å². The molecule has 30 heavy (non-hydrogen) atoms. The van der Waals surface area contributed by atoms with Gasteiger partial charge in [-0.15, -0.1) is 0 Å². The van der Waals surface area contributed by atoms with Gasteiger partial charge in [-0.2, -0.15) is 4.98 Å². The van der Waals surface area contributed by atoms with Crippen molar-refractivity contribution in [2.24, 2.45) is 0 Å². The van der Waals surface area contributed by atoms with Gasteiger partial charge in [-0.1, -0.05) is 0 Å². The highest BCUT2D eigenvalue weighted by Gasteiger charge is 2.15. The molecule has 0 spiro atoms. The van der Waals surface area contributed by atoms with Crippen LogP contribution in [0.3, 0.4) is 0 Å². The van der Waals surface area contributed by atoms with Gasteiger partial charge in [0.2, 0.25) is 5.95 Å². The Bertz CT molecular complexity index is 1140. The van der Waals surface area contributed by atoms with Crippen molar-refractivity contribution in [2.45, 2.75) is 20.4 Å². The largest absolute Gasteiger partial charge is 0.493 e. The Morgan fingerprint density at radius 2 is 1.57 bits per heavy atom. The number of hydrogen-bond donors (Lipinski definition) is 1. The zero-order valence-electron chi connectivity index (χ0n) is 16.8. The molecule has 0 aliphatic rings. The highest BCUT2D eigenvalue weighted by atomic mass is 19.2. The standard InChI is InChI=1S/C21H20F3N3O3/c1-11-5-17(29-3)18(30-4)9-16(11)25-21-26-19(28)6-12(2)27(21)10-13-7-14(22)20(24)15(23)8-13/h5-9H,10H2,1-4H3,(H,25,26,28). The third kappa shape index (κ3) is 4.24. The van der Waals surface area contributed by atoms with Gasteiger partial charge in [0.25, 0.3) is 5.56 Å². The number of benzene rings is 2.